The average Bonchev–Trinajstić information content (AvgIpc) is 2.97. The highest BCUT2D eigenvalue weighted by atomic mass is 35.5. The maximum absolute atomic E-state index is 13.3. The number of carbonyl (C=O) groups is 6. The number of carbonyl (C=O) groups excluding carboxylic acids is 6. The van der Waals surface area contributed by atoms with Gasteiger partial charge in [0.15, 0.2) is 0 Å². The van der Waals surface area contributed by atoms with Gasteiger partial charge in [-0.2, -0.15) is 0 Å². The molecule has 0 unspecified atom stereocenters. The van der Waals surface area contributed by atoms with Crippen LogP contribution in [0.25, 0.3) is 0 Å². The molecule has 13 nitrogen and oxygen atoms in total. The Labute approximate surface area is 264 Å². The maximum Gasteiger partial charge on any atom is 0.312 e. The monoisotopic (exact) mass is 638 g/mol. The molecule has 44 heavy (non-hydrogen) atoms. The fourth-order valence-electron chi connectivity index (χ4n) is 3.92. The van der Waals surface area contributed by atoms with Gasteiger partial charge in [-0.1, -0.05) is 39.8 Å². The second-order valence-corrected chi connectivity index (χ2v) is 11.3. The van der Waals surface area contributed by atoms with Crippen LogP contribution in [0.5, 0.6) is 0 Å². The first kappa shape index (κ1) is 38.2. The van der Waals surface area contributed by atoms with E-state index in [1.54, 1.807) is 52.0 Å². The lowest BCUT2D eigenvalue weighted by molar-refractivity contribution is -0.148. The molecule has 0 saturated heterocycles. The molecule has 0 spiro atoms. The molecule has 2 atom stereocenters. The Balaban J connectivity index is 2.83. The van der Waals surface area contributed by atoms with E-state index in [0.29, 0.717) is 44.5 Å². The van der Waals surface area contributed by atoms with Gasteiger partial charge >= 0.3 is 12.0 Å². The molecule has 0 bridgehead atoms. The van der Waals surface area contributed by atoms with Crippen LogP contribution >= 0.6 is 11.6 Å². The van der Waals surface area contributed by atoms with E-state index in [0.717, 1.165) is 5.56 Å². The number of urea groups is 1. The summed E-state index contributed by atoms with van der Waals surface area (Å²) in [6.45, 7) is 7.90. The van der Waals surface area contributed by atoms with Crippen molar-refractivity contribution in [3.05, 3.63) is 29.8 Å². The third-order valence-corrected chi connectivity index (χ3v) is 6.71. The van der Waals surface area contributed by atoms with Crippen molar-refractivity contribution < 1.29 is 33.5 Å². The molecule has 6 amide bonds. The number of hydrogen-bond acceptors (Lipinski definition) is 7. The third-order valence-electron chi connectivity index (χ3n) is 6.47. The zero-order valence-corrected chi connectivity index (χ0v) is 26.8. The van der Waals surface area contributed by atoms with E-state index in [4.69, 9.17) is 22.1 Å². The predicted molar refractivity (Wildman–Crippen MR) is 167 cm³/mol. The lowest BCUT2D eigenvalue weighted by Gasteiger charge is -2.25. The number of anilines is 1. The third kappa shape index (κ3) is 16.1. The molecular formula is C30H47ClN6O7. The zero-order valence-electron chi connectivity index (χ0n) is 26.0. The van der Waals surface area contributed by atoms with Gasteiger partial charge in [-0.15, -0.1) is 11.6 Å². The molecule has 0 aliphatic carbocycles. The van der Waals surface area contributed by atoms with Crippen molar-refractivity contribution in [2.75, 3.05) is 24.3 Å². The minimum absolute atomic E-state index is 0.107. The second kappa shape index (κ2) is 20.9. The van der Waals surface area contributed by atoms with Crippen molar-refractivity contribution in [1.82, 2.24) is 21.3 Å². The molecule has 1 aromatic carbocycles. The van der Waals surface area contributed by atoms with Crippen LogP contribution < -0.4 is 32.3 Å². The van der Waals surface area contributed by atoms with E-state index in [1.165, 1.54) is 0 Å². The first-order valence-electron chi connectivity index (χ1n) is 14.9. The van der Waals surface area contributed by atoms with Crippen molar-refractivity contribution in [1.29, 1.82) is 0 Å². The SMILES string of the molecule is CC(C)C(=O)OCc1ccc(NC(=O)[C@@H](CCCCNC(N)=O)NC(=O)[C@H](NC(=O)CCCCNC(=O)CCl)C(C)C)cc1. The molecule has 0 aromatic heterocycles. The minimum atomic E-state index is -0.925. The number of nitrogens with two attached hydrogens (primary N) is 1. The number of ether oxygens (including phenoxy) is 1. The molecule has 0 heterocycles. The highest BCUT2D eigenvalue weighted by Gasteiger charge is 2.28. The Morgan fingerprint density at radius 3 is 2.05 bits per heavy atom. The summed E-state index contributed by atoms with van der Waals surface area (Å²) in [5.74, 6) is -2.49. The number of unbranched alkanes of at least 4 members (excludes halogenated alkanes) is 2. The maximum atomic E-state index is 13.3. The van der Waals surface area contributed by atoms with Crippen LogP contribution in [0.2, 0.25) is 0 Å². The summed E-state index contributed by atoms with van der Waals surface area (Å²) in [5, 5.41) is 13.5. The van der Waals surface area contributed by atoms with Crippen molar-refractivity contribution in [3.8, 4) is 0 Å². The van der Waals surface area contributed by atoms with E-state index in [9.17, 15) is 28.8 Å². The summed E-state index contributed by atoms with van der Waals surface area (Å²) in [7, 11) is 0. The Kier molecular flexibility index (Phi) is 18.2. The molecule has 0 fully saturated rings. The quantitative estimate of drug-likeness (QED) is 0.0715. The van der Waals surface area contributed by atoms with Crippen LogP contribution in [-0.4, -0.2) is 66.7 Å². The summed E-state index contributed by atoms with van der Waals surface area (Å²) in [6.07, 6.45) is 2.54. The topological polar surface area (TPSA) is 198 Å². The van der Waals surface area contributed by atoms with Gasteiger partial charge in [0.05, 0.1) is 5.92 Å². The van der Waals surface area contributed by atoms with Crippen LogP contribution in [0.1, 0.15) is 71.8 Å². The largest absolute Gasteiger partial charge is 0.461 e. The lowest BCUT2D eigenvalue weighted by Crippen LogP contribution is -2.54. The van der Waals surface area contributed by atoms with Gasteiger partial charge in [0, 0.05) is 25.2 Å². The number of alkyl halides is 1. The molecule has 246 valence electrons. The van der Waals surface area contributed by atoms with Crippen molar-refractivity contribution >= 4 is 52.9 Å². The zero-order chi connectivity index (χ0) is 33.1. The smallest absolute Gasteiger partial charge is 0.312 e. The number of hydrogen-bond donors (Lipinski definition) is 6. The summed E-state index contributed by atoms with van der Waals surface area (Å²) in [6, 6.07) is 4.34. The van der Waals surface area contributed by atoms with Gasteiger partial charge in [0.1, 0.15) is 24.6 Å². The van der Waals surface area contributed by atoms with E-state index in [-0.39, 0.29) is 54.9 Å². The predicted octanol–water partition coefficient (Wildman–Crippen LogP) is 2.31. The van der Waals surface area contributed by atoms with Crippen LogP contribution in [0.4, 0.5) is 10.5 Å². The normalized spacial score (nSPS) is 12.2. The number of esters is 1. The average molecular weight is 639 g/mol. The molecule has 1 aromatic rings. The number of rotatable bonds is 20. The minimum Gasteiger partial charge on any atom is -0.461 e. The standard InChI is InChI=1S/C30H47ClN6O7/c1-19(2)26(37-24(38)10-6-8-15-33-25(39)17-31)28(41)36-23(9-5-7-16-34-30(32)43)27(40)35-22-13-11-21(12-14-22)18-44-29(42)20(3)4/h11-14,19-20,23,26H,5-10,15-18H2,1-4H3,(H,33,39)(H,35,40)(H,36,41)(H,37,38)(H3,32,34,43)/t23-,26-/m1/s1. The highest BCUT2D eigenvalue weighted by Crippen LogP contribution is 2.14. The summed E-state index contributed by atoms with van der Waals surface area (Å²) >= 11 is 5.44. The fraction of sp³-hybridized carbons (Fsp3) is 0.600. The summed E-state index contributed by atoms with van der Waals surface area (Å²) in [4.78, 5) is 73.0. The van der Waals surface area contributed by atoms with Crippen molar-refractivity contribution in [2.24, 2.45) is 17.6 Å². The molecular weight excluding hydrogens is 592 g/mol. The number of benzene rings is 1. The molecule has 0 aliphatic rings. The molecule has 0 saturated carbocycles. The summed E-state index contributed by atoms with van der Waals surface area (Å²) < 4.78 is 5.23. The highest BCUT2D eigenvalue weighted by molar-refractivity contribution is 6.27. The Hall–Kier alpha value is -3.87. The van der Waals surface area contributed by atoms with E-state index >= 15 is 0 Å². The van der Waals surface area contributed by atoms with Crippen LogP contribution in [0.3, 0.4) is 0 Å². The first-order valence-corrected chi connectivity index (χ1v) is 15.4. The van der Waals surface area contributed by atoms with Crippen molar-refractivity contribution in [3.63, 3.8) is 0 Å². The number of primary amides is 1. The Morgan fingerprint density at radius 1 is 0.818 bits per heavy atom. The molecule has 0 aliphatic heterocycles. The second-order valence-electron chi connectivity index (χ2n) is 11.0. The van der Waals surface area contributed by atoms with Crippen LogP contribution in [0.15, 0.2) is 24.3 Å². The van der Waals surface area contributed by atoms with E-state index in [2.05, 4.69) is 26.6 Å². The molecule has 1 rings (SSSR count). The van der Waals surface area contributed by atoms with Gasteiger partial charge in [0.25, 0.3) is 0 Å². The van der Waals surface area contributed by atoms with Gasteiger partial charge in [-0.3, -0.25) is 24.0 Å². The lowest BCUT2D eigenvalue weighted by atomic mass is 10.0. The van der Waals surface area contributed by atoms with Gasteiger partial charge in [-0.25, -0.2) is 4.79 Å². The van der Waals surface area contributed by atoms with Crippen LogP contribution in [0, 0.1) is 11.8 Å². The van der Waals surface area contributed by atoms with Gasteiger partial charge in [-0.05, 0) is 55.7 Å². The molecule has 0 radical (unpaired) electrons. The van der Waals surface area contributed by atoms with Gasteiger partial charge in [0.2, 0.25) is 23.6 Å². The number of nitrogens with one attached hydrogen (secondary N) is 5. The van der Waals surface area contributed by atoms with E-state index in [1.807, 2.05) is 0 Å². The Bertz CT molecular complexity index is 1100. The number of amides is 6. The Morgan fingerprint density at radius 2 is 1.45 bits per heavy atom. The first-order chi connectivity index (χ1) is 20.8. The molecule has 14 heteroatoms. The van der Waals surface area contributed by atoms with Gasteiger partial charge < -0.3 is 37.1 Å². The summed E-state index contributed by atoms with van der Waals surface area (Å²) in [5.41, 5.74) is 6.34. The van der Waals surface area contributed by atoms with Crippen molar-refractivity contribution in [2.45, 2.75) is 84.9 Å². The van der Waals surface area contributed by atoms with E-state index < -0.39 is 29.9 Å². The van der Waals surface area contributed by atoms with Crippen LogP contribution in [-0.2, 0) is 35.3 Å². The molecule has 7 N–H and O–H groups in total. The number of halogens is 1. The fourth-order valence-corrected chi connectivity index (χ4v) is 4.01.